The van der Waals surface area contributed by atoms with Crippen molar-refractivity contribution >= 4 is 11.9 Å². The Morgan fingerprint density at radius 3 is 2.22 bits per heavy atom. The zero-order chi connectivity index (χ0) is 13.8. The van der Waals surface area contributed by atoms with Crippen molar-refractivity contribution in [1.29, 1.82) is 0 Å². The SMILES string of the molecule is COC(C)(C)CC(=O)N1CCN(CC(=O)O)CC1. The van der Waals surface area contributed by atoms with Crippen molar-refractivity contribution in [3.63, 3.8) is 0 Å². The Hall–Kier alpha value is -1.14. The van der Waals surface area contributed by atoms with Crippen LogP contribution in [0.15, 0.2) is 0 Å². The summed E-state index contributed by atoms with van der Waals surface area (Å²) in [4.78, 5) is 26.2. The maximum atomic E-state index is 12.0. The number of ether oxygens (including phenoxy) is 1. The van der Waals surface area contributed by atoms with E-state index in [2.05, 4.69) is 0 Å². The summed E-state index contributed by atoms with van der Waals surface area (Å²) in [5, 5.41) is 8.69. The van der Waals surface area contributed by atoms with E-state index in [0.717, 1.165) is 0 Å². The number of hydrogen-bond acceptors (Lipinski definition) is 4. The smallest absolute Gasteiger partial charge is 0.317 e. The Balaban J connectivity index is 2.38. The van der Waals surface area contributed by atoms with E-state index in [-0.39, 0.29) is 12.5 Å². The average molecular weight is 258 g/mol. The molecule has 1 aliphatic heterocycles. The Morgan fingerprint density at radius 2 is 1.78 bits per heavy atom. The van der Waals surface area contributed by atoms with Gasteiger partial charge in [-0.1, -0.05) is 0 Å². The molecular weight excluding hydrogens is 236 g/mol. The fraction of sp³-hybridized carbons (Fsp3) is 0.833. The molecule has 0 atom stereocenters. The van der Waals surface area contributed by atoms with Crippen LogP contribution >= 0.6 is 0 Å². The van der Waals surface area contributed by atoms with E-state index in [1.54, 1.807) is 12.0 Å². The van der Waals surface area contributed by atoms with Crippen LogP contribution in [-0.4, -0.2) is 72.2 Å². The molecule has 6 nitrogen and oxygen atoms in total. The Labute approximate surface area is 107 Å². The lowest BCUT2D eigenvalue weighted by molar-refractivity contribution is -0.140. The molecule has 18 heavy (non-hydrogen) atoms. The Morgan fingerprint density at radius 1 is 1.22 bits per heavy atom. The van der Waals surface area contributed by atoms with E-state index in [9.17, 15) is 9.59 Å². The van der Waals surface area contributed by atoms with Crippen molar-refractivity contribution in [3.8, 4) is 0 Å². The van der Waals surface area contributed by atoms with Crippen molar-refractivity contribution in [2.24, 2.45) is 0 Å². The standard InChI is InChI=1S/C12H22N2O4/c1-12(2,18-3)8-10(15)14-6-4-13(5-7-14)9-11(16)17/h4-9H2,1-3H3,(H,16,17). The molecule has 0 aliphatic carbocycles. The van der Waals surface area contributed by atoms with Gasteiger partial charge >= 0.3 is 5.97 Å². The van der Waals surface area contributed by atoms with Crippen LogP contribution in [-0.2, 0) is 14.3 Å². The number of aliphatic carboxylic acids is 1. The number of hydrogen-bond donors (Lipinski definition) is 1. The van der Waals surface area contributed by atoms with Gasteiger partial charge in [-0.3, -0.25) is 14.5 Å². The highest BCUT2D eigenvalue weighted by atomic mass is 16.5. The van der Waals surface area contributed by atoms with E-state index in [1.165, 1.54) is 0 Å². The van der Waals surface area contributed by atoms with Gasteiger partial charge in [-0.15, -0.1) is 0 Å². The van der Waals surface area contributed by atoms with Crippen LogP contribution in [0.5, 0.6) is 0 Å². The summed E-state index contributed by atoms with van der Waals surface area (Å²) in [5.41, 5.74) is -0.449. The van der Waals surface area contributed by atoms with Gasteiger partial charge in [-0.25, -0.2) is 0 Å². The highest BCUT2D eigenvalue weighted by molar-refractivity contribution is 5.77. The number of piperazine rings is 1. The third-order valence-corrected chi connectivity index (χ3v) is 3.21. The Kier molecular flexibility index (Phi) is 5.10. The van der Waals surface area contributed by atoms with Crippen LogP contribution in [0.3, 0.4) is 0 Å². The number of carbonyl (C=O) groups excluding carboxylic acids is 1. The largest absolute Gasteiger partial charge is 0.480 e. The molecule has 0 saturated carbocycles. The van der Waals surface area contributed by atoms with Crippen LogP contribution in [0.2, 0.25) is 0 Å². The van der Waals surface area contributed by atoms with Gasteiger partial charge in [0.25, 0.3) is 0 Å². The summed E-state index contributed by atoms with van der Waals surface area (Å²) in [6.07, 6.45) is 0.350. The van der Waals surface area contributed by atoms with E-state index in [1.807, 2.05) is 18.7 Å². The molecular formula is C12H22N2O4. The van der Waals surface area contributed by atoms with Gasteiger partial charge in [-0.05, 0) is 13.8 Å². The van der Waals surface area contributed by atoms with Crippen LogP contribution in [0.1, 0.15) is 20.3 Å². The predicted octanol–water partition coefficient (Wildman–Crippen LogP) is 0.0303. The number of carbonyl (C=O) groups is 2. The predicted molar refractivity (Wildman–Crippen MR) is 66.4 cm³/mol. The quantitative estimate of drug-likeness (QED) is 0.753. The Bertz CT molecular complexity index is 309. The maximum absolute atomic E-state index is 12.0. The molecule has 1 N–H and O–H groups in total. The van der Waals surface area contributed by atoms with Gasteiger partial charge < -0.3 is 14.7 Å². The second-order valence-electron chi connectivity index (χ2n) is 5.19. The van der Waals surface area contributed by atoms with Crippen LogP contribution in [0.25, 0.3) is 0 Å². The van der Waals surface area contributed by atoms with E-state index < -0.39 is 11.6 Å². The first-order chi connectivity index (χ1) is 8.34. The molecule has 0 spiro atoms. The lowest BCUT2D eigenvalue weighted by atomic mass is 10.0. The second kappa shape index (κ2) is 6.15. The van der Waals surface area contributed by atoms with Crippen LogP contribution < -0.4 is 0 Å². The van der Waals surface area contributed by atoms with Crippen LogP contribution in [0, 0.1) is 0 Å². The van der Waals surface area contributed by atoms with Crippen molar-refractivity contribution < 1.29 is 19.4 Å². The lowest BCUT2D eigenvalue weighted by Crippen LogP contribution is -2.51. The van der Waals surface area contributed by atoms with Crippen molar-refractivity contribution in [1.82, 2.24) is 9.80 Å². The van der Waals surface area contributed by atoms with Crippen molar-refractivity contribution in [2.75, 3.05) is 39.8 Å². The molecule has 0 unspecified atom stereocenters. The zero-order valence-corrected chi connectivity index (χ0v) is 11.3. The molecule has 6 heteroatoms. The van der Waals surface area contributed by atoms with Gasteiger partial charge in [-0.2, -0.15) is 0 Å². The molecule has 104 valence electrons. The summed E-state index contributed by atoms with van der Waals surface area (Å²) in [6, 6.07) is 0. The summed E-state index contributed by atoms with van der Waals surface area (Å²) in [7, 11) is 1.60. The summed E-state index contributed by atoms with van der Waals surface area (Å²) in [6.45, 7) is 6.22. The number of nitrogens with zero attached hydrogens (tertiary/aromatic N) is 2. The fourth-order valence-electron chi connectivity index (χ4n) is 1.89. The topological polar surface area (TPSA) is 70.1 Å². The number of carboxylic acid groups (broad SMARTS) is 1. The average Bonchev–Trinajstić information content (AvgIpc) is 2.28. The number of carboxylic acids is 1. The fourth-order valence-corrected chi connectivity index (χ4v) is 1.89. The molecule has 1 amide bonds. The van der Waals surface area contributed by atoms with Gasteiger partial charge in [0.2, 0.25) is 5.91 Å². The molecule has 0 aromatic rings. The molecule has 1 saturated heterocycles. The highest BCUT2D eigenvalue weighted by Gasteiger charge is 2.27. The second-order valence-corrected chi connectivity index (χ2v) is 5.19. The minimum Gasteiger partial charge on any atom is -0.480 e. The molecule has 1 aliphatic rings. The van der Waals surface area contributed by atoms with Crippen molar-refractivity contribution in [2.45, 2.75) is 25.9 Å². The van der Waals surface area contributed by atoms with E-state index in [4.69, 9.17) is 9.84 Å². The molecule has 0 radical (unpaired) electrons. The van der Waals surface area contributed by atoms with E-state index in [0.29, 0.717) is 32.6 Å². The number of methoxy groups -OCH3 is 1. The normalized spacial score (nSPS) is 17.8. The third kappa shape index (κ3) is 4.62. The summed E-state index contributed by atoms with van der Waals surface area (Å²) in [5.74, 6) is -0.757. The van der Waals surface area contributed by atoms with E-state index >= 15 is 0 Å². The zero-order valence-electron chi connectivity index (χ0n) is 11.3. The first-order valence-corrected chi connectivity index (χ1v) is 6.11. The third-order valence-electron chi connectivity index (χ3n) is 3.21. The molecule has 1 heterocycles. The van der Waals surface area contributed by atoms with Gasteiger partial charge in [0.05, 0.1) is 18.6 Å². The molecule has 0 aromatic carbocycles. The van der Waals surface area contributed by atoms with Crippen LogP contribution in [0.4, 0.5) is 0 Å². The van der Waals surface area contributed by atoms with Gasteiger partial charge in [0, 0.05) is 33.3 Å². The molecule has 0 bridgehead atoms. The summed E-state index contributed by atoms with van der Waals surface area (Å²) < 4.78 is 5.24. The minimum atomic E-state index is -0.824. The monoisotopic (exact) mass is 258 g/mol. The maximum Gasteiger partial charge on any atom is 0.317 e. The first kappa shape index (κ1) is 14.9. The molecule has 0 aromatic heterocycles. The molecule has 1 fully saturated rings. The minimum absolute atomic E-state index is 0.0472. The number of amides is 1. The highest BCUT2D eigenvalue weighted by Crippen LogP contribution is 2.15. The summed E-state index contributed by atoms with van der Waals surface area (Å²) >= 11 is 0. The van der Waals surface area contributed by atoms with Gasteiger partial charge in [0.1, 0.15) is 0 Å². The number of rotatable bonds is 5. The molecule has 1 rings (SSSR count). The van der Waals surface area contributed by atoms with Crippen molar-refractivity contribution in [3.05, 3.63) is 0 Å². The van der Waals surface area contributed by atoms with Gasteiger partial charge in [0.15, 0.2) is 0 Å². The first-order valence-electron chi connectivity index (χ1n) is 6.11. The lowest BCUT2D eigenvalue weighted by Gasteiger charge is -2.35.